The van der Waals surface area contributed by atoms with E-state index in [-0.39, 0.29) is 19.6 Å². The zero-order chi connectivity index (χ0) is 25.0. The minimum absolute atomic E-state index is 0.0799. The first kappa shape index (κ1) is 25.1. The zero-order valence-electron chi connectivity index (χ0n) is 19.8. The Morgan fingerprint density at radius 3 is 2.09 bits per heavy atom. The molecule has 2 amide bonds. The number of nitrogens with one attached hydrogen (secondary N) is 1. The fourth-order valence-corrected chi connectivity index (χ4v) is 3.41. The number of nitrogens with zero attached hydrogens (tertiary/aromatic N) is 3. The van der Waals surface area contributed by atoms with Gasteiger partial charge in [-0.15, -0.1) is 0 Å². The van der Waals surface area contributed by atoms with Crippen LogP contribution in [0, 0.1) is 11.5 Å². The molecule has 0 aromatic heterocycles. The molecule has 0 spiro atoms. The number of methoxy groups -OCH3 is 1. The van der Waals surface area contributed by atoms with Crippen LogP contribution >= 0.6 is 0 Å². The lowest BCUT2D eigenvalue weighted by atomic mass is 10.1. The summed E-state index contributed by atoms with van der Waals surface area (Å²) in [6.07, 6.45) is 1.57. The summed E-state index contributed by atoms with van der Waals surface area (Å²) in [5.41, 5.74) is 2.52. The average Bonchev–Trinajstić information content (AvgIpc) is 2.91. The molecule has 0 saturated heterocycles. The molecule has 0 saturated carbocycles. The SMILES string of the molecule is COc1ccc(CN(C#N)N(C)C(=O)[C@H](Cc2ccccc2)NC(=O)OCc2ccccc2)cc1. The summed E-state index contributed by atoms with van der Waals surface area (Å²) in [7, 11) is 3.08. The van der Waals surface area contributed by atoms with Crippen LogP contribution in [0.2, 0.25) is 0 Å². The zero-order valence-corrected chi connectivity index (χ0v) is 19.8. The van der Waals surface area contributed by atoms with Gasteiger partial charge in [-0.05, 0) is 28.8 Å². The summed E-state index contributed by atoms with van der Waals surface area (Å²) in [5.74, 6) is 0.253. The van der Waals surface area contributed by atoms with Crippen LogP contribution in [0.3, 0.4) is 0 Å². The van der Waals surface area contributed by atoms with E-state index in [1.165, 1.54) is 17.1 Å². The van der Waals surface area contributed by atoms with Crippen molar-refractivity contribution in [1.29, 1.82) is 5.26 Å². The van der Waals surface area contributed by atoms with Gasteiger partial charge in [-0.2, -0.15) is 5.26 Å². The van der Waals surface area contributed by atoms with E-state index in [0.717, 1.165) is 16.7 Å². The maximum absolute atomic E-state index is 13.4. The fraction of sp³-hybridized carbons (Fsp3) is 0.222. The van der Waals surface area contributed by atoms with Crippen molar-refractivity contribution in [1.82, 2.24) is 15.3 Å². The number of hydrazine groups is 1. The molecule has 1 atom stereocenters. The number of rotatable bonds is 10. The van der Waals surface area contributed by atoms with Gasteiger partial charge in [-0.3, -0.25) is 4.79 Å². The first-order valence-corrected chi connectivity index (χ1v) is 11.1. The normalized spacial score (nSPS) is 11.0. The van der Waals surface area contributed by atoms with Crippen LogP contribution in [0.15, 0.2) is 84.9 Å². The highest BCUT2D eigenvalue weighted by Gasteiger charge is 2.28. The van der Waals surface area contributed by atoms with Gasteiger partial charge < -0.3 is 14.8 Å². The van der Waals surface area contributed by atoms with Gasteiger partial charge in [-0.1, -0.05) is 72.8 Å². The number of nitriles is 1. The minimum atomic E-state index is -0.933. The molecule has 0 aliphatic heterocycles. The van der Waals surface area contributed by atoms with Gasteiger partial charge >= 0.3 is 6.09 Å². The van der Waals surface area contributed by atoms with Gasteiger partial charge in [0.15, 0.2) is 6.19 Å². The van der Waals surface area contributed by atoms with Crippen molar-refractivity contribution in [2.75, 3.05) is 14.2 Å². The predicted octanol–water partition coefficient (Wildman–Crippen LogP) is 3.89. The lowest BCUT2D eigenvalue weighted by molar-refractivity contribution is -0.143. The van der Waals surface area contributed by atoms with Crippen LogP contribution in [0.25, 0.3) is 0 Å². The van der Waals surface area contributed by atoms with Crippen molar-refractivity contribution in [3.63, 3.8) is 0 Å². The number of ether oxygens (including phenoxy) is 2. The molecule has 8 heteroatoms. The molecule has 3 rings (SSSR count). The smallest absolute Gasteiger partial charge is 0.408 e. The van der Waals surface area contributed by atoms with E-state index in [4.69, 9.17) is 9.47 Å². The second-order valence-electron chi connectivity index (χ2n) is 7.82. The van der Waals surface area contributed by atoms with Crippen LogP contribution in [0.5, 0.6) is 5.75 Å². The maximum atomic E-state index is 13.4. The monoisotopic (exact) mass is 472 g/mol. The number of likely N-dealkylation sites (N-methyl/N-ethyl adjacent to an activating group) is 1. The van der Waals surface area contributed by atoms with Crippen molar-refractivity contribution in [2.24, 2.45) is 0 Å². The summed E-state index contributed by atoms with van der Waals surface area (Å²) in [5, 5.41) is 14.8. The van der Waals surface area contributed by atoms with Crippen molar-refractivity contribution in [3.8, 4) is 11.9 Å². The molecule has 8 nitrogen and oxygen atoms in total. The molecule has 3 aromatic rings. The molecule has 0 bridgehead atoms. The Balaban J connectivity index is 1.70. The molecule has 0 aliphatic carbocycles. The molecule has 35 heavy (non-hydrogen) atoms. The highest BCUT2D eigenvalue weighted by atomic mass is 16.5. The highest BCUT2D eigenvalue weighted by molar-refractivity contribution is 5.85. The largest absolute Gasteiger partial charge is 0.497 e. The lowest BCUT2D eigenvalue weighted by Gasteiger charge is -2.30. The van der Waals surface area contributed by atoms with Gasteiger partial charge in [0.25, 0.3) is 5.91 Å². The van der Waals surface area contributed by atoms with Crippen LogP contribution in [-0.4, -0.2) is 42.2 Å². The molecular formula is C27H28N4O4. The Morgan fingerprint density at radius 2 is 1.51 bits per heavy atom. The van der Waals surface area contributed by atoms with E-state index in [1.807, 2.05) is 79.0 Å². The Hall–Kier alpha value is -4.51. The number of hydrogen-bond acceptors (Lipinski definition) is 6. The summed E-state index contributed by atoms with van der Waals surface area (Å²) in [6, 6.07) is 24.9. The van der Waals surface area contributed by atoms with Crippen molar-refractivity contribution in [3.05, 3.63) is 102 Å². The molecule has 0 fully saturated rings. The van der Waals surface area contributed by atoms with Crippen LogP contribution < -0.4 is 10.1 Å². The topological polar surface area (TPSA) is 94.9 Å². The van der Waals surface area contributed by atoms with E-state index in [0.29, 0.717) is 5.75 Å². The quantitative estimate of drug-likeness (QED) is 0.273. The molecular weight excluding hydrogens is 444 g/mol. The summed E-state index contributed by atoms with van der Waals surface area (Å²) in [6.45, 7) is 0.260. The number of carbonyl (C=O) groups is 2. The van der Waals surface area contributed by atoms with Gasteiger partial charge in [0.1, 0.15) is 18.4 Å². The molecule has 0 radical (unpaired) electrons. The van der Waals surface area contributed by atoms with Crippen LogP contribution in [0.1, 0.15) is 16.7 Å². The fourth-order valence-electron chi connectivity index (χ4n) is 3.41. The standard InChI is InChI=1S/C27H28N4O4/c1-30(31(20-28)18-22-13-15-24(34-2)16-14-22)26(32)25(17-21-9-5-3-6-10-21)29-27(33)35-19-23-11-7-4-8-12-23/h3-16,25H,17-19H2,1-2H3,(H,29,33)/t25-/m0/s1. The van der Waals surface area contributed by atoms with Crippen LogP contribution in [0.4, 0.5) is 4.79 Å². The Morgan fingerprint density at radius 1 is 0.914 bits per heavy atom. The second kappa shape index (κ2) is 12.7. The second-order valence-corrected chi connectivity index (χ2v) is 7.82. The average molecular weight is 473 g/mol. The molecule has 0 aliphatic rings. The van der Waals surface area contributed by atoms with Crippen LogP contribution in [-0.2, 0) is 29.1 Å². The first-order chi connectivity index (χ1) is 17.0. The summed E-state index contributed by atoms with van der Waals surface area (Å²) >= 11 is 0. The number of carbonyl (C=O) groups excluding carboxylic acids is 2. The first-order valence-electron chi connectivity index (χ1n) is 11.1. The van der Waals surface area contributed by atoms with Gasteiger partial charge in [0, 0.05) is 13.5 Å². The Kier molecular flexibility index (Phi) is 9.08. The molecule has 0 unspecified atom stereocenters. The van der Waals surface area contributed by atoms with Gasteiger partial charge in [0.2, 0.25) is 0 Å². The van der Waals surface area contributed by atoms with Crippen molar-refractivity contribution >= 4 is 12.0 Å². The van der Waals surface area contributed by atoms with E-state index in [9.17, 15) is 14.9 Å². The third kappa shape index (κ3) is 7.51. The predicted molar refractivity (Wildman–Crippen MR) is 131 cm³/mol. The maximum Gasteiger partial charge on any atom is 0.408 e. The van der Waals surface area contributed by atoms with Gasteiger partial charge in [0.05, 0.1) is 13.7 Å². The number of amides is 2. The molecule has 3 aromatic carbocycles. The summed E-state index contributed by atoms with van der Waals surface area (Å²) < 4.78 is 10.5. The Bertz CT molecular complexity index is 1130. The third-order valence-corrected chi connectivity index (χ3v) is 5.37. The molecule has 180 valence electrons. The highest BCUT2D eigenvalue weighted by Crippen LogP contribution is 2.15. The van der Waals surface area contributed by atoms with E-state index < -0.39 is 18.0 Å². The van der Waals surface area contributed by atoms with Crippen molar-refractivity contribution in [2.45, 2.75) is 25.6 Å². The molecule has 0 heterocycles. The third-order valence-electron chi connectivity index (χ3n) is 5.37. The van der Waals surface area contributed by atoms with Crippen molar-refractivity contribution < 1.29 is 19.1 Å². The lowest BCUT2D eigenvalue weighted by Crippen LogP contribution is -2.52. The summed E-state index contributed by atoms with van der Waals surface area (Å²) in [4.78, 5) is 25.9. The minimum Gasteiger partial charge on any atom is -0.497 e. The van der Waals surface area contributed by atoms with Gasteiger partial charge in [-0.25, -0.2) is 14.8 Å². The van der Waals surface area contributed by atoms with E-state index in [2.05, 4.69) is 5.32 Å². The Labute approximate surface area is 205 Å². The number of hydrogen-bond donors (Lipinski definition) is 1. The number of alkyl carbamates (subject to hydrolysis) is 1. The molecule has 1 N–H and O–H groups in total. The van der Waals surface area contributed by atoms with E-state index in [1.54, 1.807) is 19.2 Å². The van der Waals surface area contributed by atoms with E-state index >= 15 is 0 Å². The number of benzene rings is 3.